The second-order valence-corrected chi connectivity index (χ2v) is 6.20. The highest BCUT2D eigenvalue weighted by Gasteiger charge is 2.18. The van der Waals surface area contributed by atoms with Gasteiger partial charge in [0, 0.05) is 12.3 Å². The maximum absolute atomic E-state index is 12.6. The SMILES string of the molecule is Cc1ccc(NC(=O)c2ccccc2OC[C@H]2CCCO2)cc1C. The van der Waals surface area contributed by atoms with E-state index in [9.17, 15) is 4.79 Å². The van der Waals surface area contributed by atoms with Crippen molar-refractivity contribution >= 4 is 11.6 Å². The molecule has 2 aromatic rings. The first-order chi connectivity index (χ1) is 11.6. The number of ether oxygens (including phenoxy) is 2. The van der Waals surface area contributed by atoms with Crippen molar-refractivity contribution < 1.29 is 14.3 Å². The monoisotopic (exact) mass is 325 g/mol. The van der Waals surface area contributed by atoms with Gasteiger partial charge >= 0.3 is 0 Å². The number of para-hydroxylation sites is 1. The van der Waals surface area contributed by atoms with Crippen LogP contribution in [0.15, 0.2) is 42.5 Å². The number of anilines is 1. The molecule has 1 heterocycles. The average Bonchev–Trinajstić information content (AvgIpc) is 3.10. The molecule has 1 atom stereocenters. The lowest BCUT2D eigenvalue weighted by Gasteiger charge is -2.15. The van der Waals surface area contributed by atoms with Gasteiger partial charge in [0.1, 0.15) is 12.4 Å². The Hall–Kier alpha value is -2.33. The number of carbonyl (C=O) groups excluding carboxylic acids is 1. The molecule has 1 N–H and O–H groups in total. The Bertz CT molecular complexity index is 721. The van der Waals surface area contributed by atoms with Crippen LogP contribution in [0, 0.1) is 13.8 Å². The first kappa shape index (κ1) is 16.5. The quantitative estimate of drug-likeness (QED) is 0.900. The molecule has 1 aliphatic heterocycles. The van der Waals surface area contributed by atoms with Crippen molar-refractivity contribution in [1.29, 1.82) is 0 Å². The minimum atomic E-state index is -0.166. The summed E-state index contributed by atoms with van der Waals surface area (Å²) in [5.74, 6) is 0.426. The Labute approximate surface area is 142 Å². The van der Waals surface area contributed by atoms with Crippen molar-refractivity contribution in [2.24, 2.45) is 0 Å². The summed E-state index contributed by atoms with van der Waals surface area (Å²) in [5.41, 5.74) is 3.68. The minimum Gasteiger partial charge on any atom is -0.490 e. The van der Waals surface area contributed by atoms with E-state index in [1.807, 2.05) is 43.3 Å². The third-order valence-electron chi connectivity index (χ3n) is 4.35. The highest BCUT2D eigenvalue weighted by atomic mass is 16.5. The van der Waals surface area contributed by atoms with Gasteiger partial charge in [0.25, 0.3) is 5.91 Å². The molecule has 0 spiro atoms. The predicted octanol–water partition coefficient (Wildman–Crippen LogP) is 4.11. The van der Waals surface area contributed by atoms with Crippen molar-refractivity contribution in [1.82, 2.24) is 0 Å². The van der Waals surface area contributed by atoms with Crippen LogP contribution >= 0.6 is 0 Å². The van der Waals surface area contributed by atoms with Crippen molar-refractivity contribution in [3.05, 3.63) is 59.2 Å². The van der Waals surface area contributed by atoms with Crippen LogP contribution in [-0.2, 0) is 4.74 Å². The fraction of sp³-hybridized carbons (Fsp3) is 0.350. The summed E-state index contributed by atoms with van der Waals surface area (Å²) in [6.07, 6.45) is 2.21. The van der Waals surface area contributed by atoms with Crippen LogP contribution in [0.1, 0.15) is 34.3 Å². The lowest BCUT2D eigenvalue weighted by molar-refractivity contribution is 0.0673. The number of carbonyl (C=O) groups is 1. The summed E-state index contributed by atoms with van der Waals surface area (Å²) in [7, 11) is 0. The van der Waals surface area contributed by atoms with Crippen molar-refractivity contribution in [3.63, 3.8) is 0 Å². The number of hydrogen-bond acceptors (Lipinski definition) is 3. The number of aryl methyl sites for hydroxylation is 2. The maximum atomic E-state index is 12.6. The van der Waals surface area contributed by atoms with Gasteiger partial charge in [-0.25, -0.2) is 0 Å². The van der Waals surface area contributed by atoms with Gasteiger partial charge in [-0.1, -0.05) is 18.2 Å². The lowest BCUT2D eigenvalue weighted by atomic mass is 10.1. The van der Waals surface area contributed by atoms with Crippen LogP contribution in [0.5, 0.6) is 5.75 Å². The normalized spacial score (nSPS) is 16.8. The number of nitrogens with one attached hydrogen (secondary N) is 1. The summed E-state index contributed by atoms with van der Waals surface area (Å²) in [4.78, 5) is 12.6. The summed E-state index contributed by atoms with van der Waals surface area (Å²) in [6, 6.07) is 13.2. The topological polar surface area (TPSA) is 47.6 Å². The average molecular weight is 325 g/mol. The van der Waals surface area contributed by atoms with Gasteiger partial charge in [-0.05, 0) is 62.1 Å². The molecule has 0 radical (unpaired) electrons. The van der Waals surface area contributed by atoms with Crippen LogP contribution < -0.4 is 10.1 Å². The summed E-state index contributed by atoms with van der Waals surface area (Å²) in [6.45, 7) is 5.36. The first-order valence-corrected chi connectivity index (χ1v) is 8.35. The standard InChI is InChI=1S/C20H23NO3/c1-14-9-10-16(12-15(14)2)21-20(22)18-7-3-4-8-19(18)24-13-17-6-5-11-23-17/h3-4,7-10,12,17H,5-6,11,13H2,1-2H3,(H,21,22)/t17-/m1/s1. The fourth-order valence-electron chi connectivity index (χ4n) is 2.76. The number of hydrogen-bond donors (Lipinski definition) is 1. The molecule has 0 bridgehead atoms. The van der Waals surface area contributed by atoms with Gasteiger partial charge in [-0.15, -0.1) is 0 Å². The third-order valence-corrected chi connectivity index (χ3v) is 4.35. The van der Waals surface area contributed by atoms with Gasteiger partial charge in [-0.3, -0.25) is 4.79 Å². The van der Waals surface area contributed by atoms with Crippen LogP contribution in [0.4, 0.5) is 5.69 Å². The van der Waals surface area contributed by atoms with E-state index < -0.39 is 0 Å². The van der Waals surface area contributed by atoms with E-state index in [2.05, 4.69) is 12.2 Å². The van der Waals surface area contributed by atoms with E-state index in [1.165, 1.54) is 5.56 Å². The second kappa shape index (κ2) is 7.49. The molecule has 4 heteroatoms. The summed E-state index contributed by atoms with van der Waals surface area (Å²) in [5, 5.41) is 2.94. The van der Waals surface area contributed by atoms with Gasteiger partial charge in [0.05, 0.1) is 11.7 Å². The molecule has 4 nitrogen and oxygen atoms in total. The second-order valence-electron chi connectivity index (χ2n) is 6.20. The lowest BCUT2D eigenvalue weighted by Crippen LogP contribution is -2.19. The fourth-order valence-corrected chi connectivity index (χ4v) is 2.76. The molecule has 1 amide bonds. The Balaban J connectivity index is 1.70. The van der Waals surface area contributed by atoms with E-state index in [0.717, 1.165) is 30.7 Å². The van der Waals surface area contributed by atoms with E-state index >= 15 is 0 Å². The van der Waals surface area contributed by atoms with Crippen LogP contribution in [-0.4, -0.2) is 25.2 Å². The largest absolute Gasteiger partial charge is 0.490 e. The first-order valence-electron chi connectivity index (χ1n) is 8.35. The molecule has 1 saturated heterocycles. The molecule has 126 valence electrons. The van der Waals surface area contributed by atoms with Gasteiger partial charge in [-0.2, -0.15) is 0 Å². The minimum absolute atomic E-state index is 0.126. The molecule has 2 aromatic carbocycles. The number of rotatable bonds is 5. The van der Waals surface area contributed by atoms with Crippen molar-refractivity contribution in [2.75, 3.05) is 18.5 Å². The van der Waals surface area contributed by atoms with E-state index in [0.29, 0.717) is 17.9 Å². The van der Waals surface area contributed by atoms with Gasteiger partial charge < -0.3 is 14.8 Å². The maximum Gasteiger partial charge on any atom is 0.259 e. The smallest absolute Gasteiger partial charge is 0.259 e. The molecule has 0 saturated carbocycles. The third kappa shape index (κ3) is 3.95. The van der Waals surface area contributed by atoms with Crippen LogP contribution in [0.25, 0.3) is 0 Å². The number of amides is 1. The zero-order valence-corrected chi connectivity index (χ0v) is 14.2. The van der Waals surface area contributed by atoms with Gasteiger partial charge in [0.2, 0.25) is 0 Å². The Morgan fingerprint density at radius 1 is 1.21 bits per heavy atom. The Morgan fingerprint density at radius 2 is 2.04 bits per heavy atom. The highest BCUT2D eigenvalue weighted by Crippen LogP contribution is 2.22. The molecule has 24 heavy (non-hydrogen) atoms. The van der Waals surface area contributed by atoms with Crippen LogP contribution in [0.2, 0.25) is 0 Å². The summed E-state index contributed by atoms with van der Waals surface area (Å²) < 4.78 is 11.4. The van der Waals surface area contributed by atoms with Crippen molar-refractivity contribution in [2.45, 2.75) is 32.8 Å². The highest BCUT2D eigenvalue weighted by molar-refractivity contribution is 6.06. The van der Waals surface area contributed by atoms with E-state index in [4.69, 9.17) is 9.47 Å². The molecule has 1 aliphatic rings. The summed E-state index contributed by atoms with van der Waals surface area (Å²) >= 11 is 0. The van der Waals surface area contributed by atoms with Gasteiger partial charge in [0.15, 0.2) is 0 Å². The van der Waals surface area contributed by atoms with E-state index in [-0.39, 0.29) is 12.0 Å². The van der Waals surface area contributed by atoms with Crippen molar-refractivity contribution in [3.8, 4) is 5.75 Å². The molecule has 1 fully saturated rings. The Morgan fingerprint density at radius 3 is 2.79 bits per heavy atom. The number of benzene rings is 2. The zero-order chi connectivity index (χ0) is 16.9. The molecular weight excluding hydrogens is 302 g/mol. The predicted molar refractivity (Wildman–Crippen MR) is 94.8 cm³/mol. The molecule has 0 aromatic heterocycles. The molecular formula is C20H23NO3. The zero-order valence-electron chi connectivity index (χ0n) is 14.2. The molecule has 0 unspecified atom stereocenters. The molecule has 3 rings (SSSR count). The Kier molecular flexibility index (Phi) is 5.16. The van der Waals surface area contributed by atoms with Crippen LogP contribution in [0.3, 0.4) is 0 Å². The molecule has 0 aliphatic carbocycles. The van der Waals surface area contributed by atoms with E-state index in [1.54, 1.807) is 6.07 Å².